The minimum atomic E-state index is -3.97. The summed E-state index contributed by atoms with van der Waals surface area (Å²) in [5, 5.41) is 3.07. The molecular formula is C24H30FN3O4S. The van der Waals surface area contributed by atoms with Gasteiger partial charge in [0.25, 0.3) is 15.9 Å². The lowest BCUT2D eigenvalue weighted by molar-refractivity contribution is -0.0361. The molecule has 4 rings (SSSR count). The smallest absolute Gasteiger partial charge is 0.261 e. The Labute approximate surface area is 194 Å². The van der Waals surface area contributed by atoms with Crippen molar-refractivity contribution in [3.05, 3.63) is 59.9 Å². The molecule has 33 heavy (non-hydrogen) atoms. The fourth-order valence-electron chi connectivity index (χ4n) is 4.78. The zero-order chi connectivity index (χ0) is 23.3. The molecule has 7 nitrogen and oxygen atoms in total. The monoisotopic (exact) mass is 475 g/mol. The van der Waals surface area contributed by atoms with Gasteiger partial charge in [0.2, 0.25) is 0 Å². The molecule has 0 aromatic heterocycles. The molecule has 1 saturated heterocycles. The highest BCUT2D eigenvalue weighted by atomic mass is 32.2. The van der Waals surface area contributed by atoms with Crippen LogP contribution in [0.15, 0.2) is 53.4 Å². The van der Waals surface area contributed by atoms with Gasteiger partial charge in [-0.1, -0.05) is 31.4 Å². The van der Waals surface area contributed by atoms with Crippen LogP contribution in [0.5, 0.6) is 0 Å². The summed E-state index contributed by atoms with van der Waals surface area (Å²) in [7, 11) is -3.97. The Hall–Kier alpha value is -2.49. The van der Waals surface area contributed by atoms with Crippen LogP contribution >= 0.6 is 0 Å². The molecular weight excluding hydrogens is 445 g/mol. The van der Waals surface area contributed by atoms with E-state index in [2.05, 4.69) is 14.9 Å². The molecule has 2 aliphatic rings. The number of morpholine rings is 1. The van der Waals surface area contributed by atoms with E-state index in [1.165, 1.54) is 18.6 Å². The first-order valence-electron chi connectivity index (χ1n) is 11.4. The van der Waals surface area contributed by atoms with Crippen molar-refractivity contribution < 1.29 is 22.3 Å². The third-order valence-corrected chi connectivity index (χ3v) is 7.97. The van der Waals surface area contributed by atoms with Gasteiger partial charge in [-0.15, -0.1) is 0 Å². The van der Waals surface area contributed by atoms with Gasteiger partial charge in [-0.25, -0.2) is 12.8 Å². The van der Waals surface area contributed by atoms with E-state index in [0.29, 0.717) is 19.8 Å². The summed E-state index contributed by atoms with van der Waals surface area (Å²) in [6.45, 7) is 3.60. The van der Waals surface area contributed by atoms with E-state index in [1.807, 2.05) is 0 Å². The molecule has 2 fully saturated rings. The maximum Gasteiger partial charge on any atom is 0.261 e. The highest BCUT2D eigenvalue weighted by molar-refractivity contribution is 7.92. The maximum atomic E-state index is 13.2. The third-order valence-electron chi connectivity index (χ3n) is 6.58. The number of carbonyl (C=O) groups excluding carboxylic acids is 1. The molecule has 1 aliphatic carbocycles. The molecule has 9 heteroatoms. The average molecular weight is 476 g/mol. The molecule has 178 valence electrons. The molecule has 2 aromatic rings. The van der Waals surface area contributed by atoms with Crippen molar-refractivity contribution in [1.29, 1.82) is 0 Å². The second kappa shape index (κ2) is 10.2. The second-order valence-electron chi connectivity index (χ2n) is 8.67. The first kappa shape index (κ1) is 23.7. The maximum absolute atomic E-state index is 13.2. The van der Waals surface area contributed by atoms with Gasteiger partial charge in [0.1, 0.15) is 5.82 Å². The molecule has 0 unspecified atom stereocenters. The topological polar surface area (TPSA) is 87.7 Å². The van der Waals surface area contributed by atoms with Crippen LogP contribution < -0.4 is 10.0 Å². The molecule has 1 aliphatic heterocycles. The SMILES string of the molecule is O=C(NCC1(N2CCOCC2)CCCCC1)c1ccccc1NS(=O)(=O)c1ccc(F)cc1. The van der Waals surface area contributed by atoms with Crippen LogP contribution in [0.25, 0.3) is 0 Å². The predicted molar refractivity (Wildman–Crippen MR) is 124 cm³/mol. The van der Waals surface area contributed by atoms with Crippen LogP contribution in [0.3, 0.4) is 0 Å². The van der Waals surface area contributed by atoms with Crippen LogP contribution in [0.2, 0.25) is 0 Å². The lowest BCUT2D eigenvalue weighted by Gasteiger charge is -2.48. The summed E-state index contributed by atoms with van der Waals surface area (Å²) in [5.74, 6) is -0.851. The second-order valence-corrected chi connectivity index (χ2v) is 10.4. The van der Waals surface area contributed by atoms with Crippen LogP contribution in [0.4, 0.5) is 10.1 Å². The zero-order valence-corrected chi connectivity index (χ0v) is 19.4. The number of hydrogen-bond acceptors (Lipinski definition) is 5. The van der Waals surface area contributed by atoms with Crippen LogP contribution in [0, 0.1) is 5.82 Å². The summed E-state index contributed by atoms with van der Waals surface area (Å²) >= 11 is 0. The Morgan fingerprint density at radius 3 is 2.36 bits per heavy atom. The van der Waals surface area contributed by atoms with E-state index < -0.39 is 15.8 Å². The number of amides is 1. The Kier molecular flexibility index (Phi) is 7.31. The van der Waals surface area contributed by atoms with Crippen molar-refractivity contribution in [2.24, 2.45) is 0 Å². The highest BCUT2D eigenvalue weighted by Gasteiger charge is 2.39. The van der Waals surface area contributed by atoms with Crippen LogP contribution in [0.1, 0.15) is 42.5 Å². The van der Waals surface area contributed by atoms with Gasteiger partial charge in [-0.3, -0.25) is 14.4 Å². The average Bonchev–Trinajstić information content (AvgIpc) is 2.84. The van der Waals surface area contributed by atoms with Crippen molar-refractivity contribution in [3.8, 4) is 0 Å². The van der Waals surface area contributed by atoms with Crippen molar-refractivity contribution in [3.63, 3.8) is 0 Å². The number of nitrogens with zero attached hydrogens (tertiary/aromatic N) is 1. The highest BCUT2D eigenvalue weighted by Crippen LogP contribution is 2.34. The van der Waals surface area contributed by atoms with Gasteiger partial charge in [0.15, 0.2) is 0 Å². The molecule has 2 aromatic carbocycles. The van der Waals surface area contributed by atoms with E-state index in [4.69, 9.17) is 4.74 Å². The number of para-hydroxylation sites is 1. The lowest BCUT2D eigenvalue weighted by Crippen LogP contribution is -2.59. The van der Waals surface area contributed by atoms with Gasteiger partial charge in [0.05, 0.1) is 29.4 Å². The quantitative estimate of drug-likeness (QED) is 0.641. The van der Waals surface area contributed by atoms with Gasteiger partial charge >= 0.3 is 0 Å². The fourth-order valence-corrected chi connectivity index (χ4v) is 5.86. The van der Waals surface area contributed by atoms with Gasteiger partial charge < -0.3 is 10.1 Å². The van der Waals surface area contributed by atoms with Crippen LogP contribution in [-0.2, 0) is 14.8 Å². The largest absolute Gasteiger partial charge is 0.379 e. The molecule has 2 N–H and O–H groups in total. The van der Waals surface area contributed by atoms with Gasteiger partial charge in [0, 0.05) is 25.2 Å². The van der Waals surface area contributed by atoms with Gasteiger partial charge in [-0.2, -0.15) is 0 Å². The summed E-state index contributed by atoms with van der Waals surface area (Å²) in [6.07, 6.45) is 5.49. The Bertz CT molecular complexity index is 1060. The molecule has 1 heterocycles. The van der Waals surface area contributed by atoms with Crippen LogP contribution in [-0.4, -0.2) is 57.6 Å². The minimum absolute atomic E-state index is 0.0763. The summed E-state index contributed by atoms with van der Waals surface area (Å²) < 4.78 is 46.7. The first-order chi connectivity index (χ1) is 15.9. The third kappa shape index (κ3) is 5.54. The van der Waals surface area contributed by atoms with Crippen molar-refractivity contribution in [2.45, 2.75) is 42.5 Å². The minimum Gasteiger partial charge on any atom is -0.379 e. The number of halogens is 1. The van der Waals surface area contributed by atoms with E-state index >= 15 is 0 Å². The molecule has 1 saturated carbocycles. The standard InChI is InChI=1S/C24H30FN3O4S/c25-19-8-10-20(11-9-19)33(30,31)27-22-7-3-2-6-21(22)23(29)26-18-24(12-4-1-5-13-24)28-14-16-32-17-15-28/h2-3,6-11,27H,1,4-5,12-18H2,(H,26,29). The summed E-state index contributed by atoms with van der Waals surface area (Å²) in [5.41, 5.74) is 0.333. The normalized spacial score (nSPS) is 19.1. The number of hydrogen-bond donors (Lipinski definition) is 2. The number of nitrogens with one attached hydrogen (secondary N) is 2. The predicted octanol–water partition coefficient (Wildman–Crippen LogP) is 3.39. The first-order valence-corrected chi connectivity index (χ1v) is 12.9. The Balaban J connectivity index is 1.50. The van der Waals surface area contributed by atoms with E-state index in [1.54, 1.807) is 24.3 Å². The molecule has 0 bridgehead atoms. The van der Waals surface area contributed by atoms with Crippen molar-refractivity contribution >= 4 is 21.6 Å². The fraction of sp³-hybridized carbons (Fsp3) is 0.458. The molecule has 1 amide bonds. The van der Waals surface area contributed by atoms with E-state index in [-0.39, 0.29) is 27.6 Å². The molecule has 0 spiro atoms. The van der Waals surface area contributed by atoms with E-state index in [9.17, 15) is 17.6 Å². The molecule has 0 atom stereocenters. The lowest BCUT2D eigenvalue weighted by atomic mass is 9.79. The number of rotatable bonds is 7. The van der Waals surface area contributed by atoms with Crippen molar-refractivity contribution in [1.82, 2.24) is 10.2 Å². The number of anilines is 1. The number of benzene rings is 2. The van der Waals surface area contributed by atoms with Gasteiger partial charge in [-0.05, 0) is 49.2 Å². The van der Waals surface area contributed by atoms with Crippen molar-refractivity contribution in [2.75, 3.05) is 37.6 Å². The summed E-state index contributed by atoms with van der Waals surface area (Å²) in [4.78, 5) is 15.5. The number of ether oxygens (including phenoxy) is 1. The number of carbonyl (C=O) groups is 1. The Morgan fingerprint density at radius 1 is 1.00 bits per heavy atom. The zero-order valence-electron chi connectivity index (χ0n) is 18.6. The van der Waals surface area contributed by atoms with E-state index in [0.717, 1.165) is 50.9 Å². The Morgan fingerprint density at radius 2 is 1.67 bits per heavy atom. The number of sulfonamides is 1. The molecule has 0 radical (unpaired) electrons. The summed E-state index contributed by atoms with van der Waals surface area (Å²) in [6, 6.07) is 11.1.